The van der Waals surface area contributed by atoms with Crippen LogP contribution in [0.15, 0.2) is 60.7 Å². The normalized spacial score (nSPS) is 17.2. The number of ether oxygens (including phenoxy) is 1. The van der Waals surface area contributed by atoms with Gasteiger partial charge in [-0.15, -0.1) is 0 Å². The van der Waals surface area contributed by atoms with Crippen LogP contribution in [-0.4, -0.2) is 47.1 Å². The summed E-state index contributed by atoms with van der Waals surface area (Å²) in [5, 5.41) is 16.9. The lowest BCUT2D eigenvalue weighted by molar-refractivity contribution is 0.0766. The van der Waals surface area contributed by atoms with Gasteiger partial charge >= 0.3 is 0 Å². The zero-order valence-electron chi connectivity index (χ0n) is 20.7. The summed E-state index contributed by atoms with van der Waals surface area (Å²) in [5.74, 6) is -0.529. The zero-order valence-corrected chi connectivity index (χ0v) is 20.7. The van der Waals surface area contributed by atoms with Gasteiger partial charge in [-0.2, -0.15) is 0 Å². The Morgan fingerprint density at radius 3 is 2.68 bits per heavy atom. The van der Waals surface area contributed by atoms with Gasteiger partial charge in [-0.1, -0.05) is 36.4 Å². The summed E-state index contributed by atoms with van der Waals surface area (Å²) in [6.07, 6.45) is -0.0857. The van der Waals surface area contributed by atoms with Crippen molar-refractivity contribution in [1.82, 2.24) is 15.5 Å². The average molecular weight is 504 g/mol. The minimum atomic E-state index is -0.768. The van der Waals surface area contributed by atoms with Gasteiger partial charge < -0.3 is 25.4 Å². The first-order valence-electron chi connectivity index (χ1n) is 12.5. The molecule has 0 radical (unpaired) electrons. The van der Waals surface area contributed by atoms with Crippen molar-refractivity contribution in [3.63, 3.8) is 0 Å². The van der Waals surface area contributed by atoms with Crippen molar-refractivity contribution in [2.75, 3.05) is 13.2 Å². The van der Waals surface area contributed by atoms with E-state index in [2.05, 4.69) is 22.8 Å². The molecule has 0 fully saturated rings. The topological polar surface area (TPSA) is 90.9 Å². The van der Waals surface area contributed by atoms with Gasteiger partial charge in [0.25, 0.3) is 11.8 Å². The van der Waals surface area contributed by atoms with E-state index in [-0.39, 0.29) is 30.2 Å². The second-order valence-corrected chi connectivity index (χ2v) is 9.46. The second-order valence-electron chi connectivity index (χ2n) is 9.46. The van der Waals surface area contributed by atoms with E-state index in [9.17, 15) is 19.1 Å². The number of hydrogen-bond donors (Lipinski definition) is 3. The Bertz CT molecular complexity index is 1310. The number of nitrogens with one attached hydrogen (secondary N) is 2. The highest BCUT2D eigenvalue weighted by molar-refractivity contribution is 6.03. The largest absolute Gasteiger partial charge is 0.493 e. The van der Waals surface area contributed by atoms with E-state index in [1.54, 1.807) is 29.2 Å². The molecule has 5 rings (SSSR count). The molecule has 0 spiro atoms. The molecule has 8 heteroatoms. The Hall–Kier alpha value is -3.75. The maximum Gasteiger partial charge on any atom is 0.255 e. The molecule has 3 aromatic rings. The molecule has 3 aromatic carbocycles. The molecular formula is C29H30FN3O4. The average Bonchev–Trinajstić information content (AvgIpc) is 3.21. The van der Waals surface area contributed by atoms with E-state index in [0.29, 0.717) is 49.5 Å². The summed E-state index contributed by atoms with van der Waals surface area (Å²) in [5.41, 5.74) is 4.78. The Labute approximate surface area is 215 Å². The fourth-order valence-corrected chi connectivity index (χ4v) is 4.98. The van der Waals surface area contributed by atoms with E-state index in [1.165, 1.54) is 23.3 Å². The first-order valence-corrected chi connectivity index (χ1v) is 12.5. The number of benzene rings is 3. The third-order valence-electron chi connectivity index (χ3n) is 6.96. The number of hydrogen-bond acceptors (Lipinski definition) is 5. The predicted molar refractivity (Wildman–Crippen MR) is 137 cm³/mol. The van der Waals surface area contributed by atoms with Crippen molar-refractivity contribution < 1.29 is 23.8 Å². The molecule has 7 nitrogen and oxygen atoms in total. The van der Waals surface area contributed by atoms with Gasteiger partial charge in [0, 0.05) is 37.8 Å². The fraction of sp³-hybridized carbons (Fsp3) is 0.310. The lowest BCUT2D eigenvalue weighted by atomic mass is 9.93. The zero-order chi connectivity index (χ0) is 25.9. The van der Waals surface area contributed by atoms with Crippen molar-refractivity contribution in [3.05, 3.63) is 99.9 Å². The fourth-order valence-electron chi connectivity index (χ4n) is 4.98. The van der Waals surface area contributed by atoms with Gasteiger partial charge in [0.05, 0.1) is 18.3 Å². The van der Waals surface area contributed by atoms with Crippen molar-refractivity contribution in [2.24, 2.45) is 0 Å². The molecule has 2 aliphatic rings. The number of rotatable bonds is 8. The molecule has 0 aliphatic carbocycles. The maximum absolute atomic E-state index is 13.3. The molecule has 2 aliphatic heterocycles. The maximum atomic E-state index is 13.3. The lowest BCUT2D eigenvalue weighted by Crippen LogP contribution is -2.49. The van der Waals surface area contributed by atoms with Gasteiger partial charge in [-0.05, 0) is 59.9 Å². The quantitative estimate of drug-likeness (QED) is 0.439. The Morgan fingerprint density at radius 2 is 1.92 bits per heavy atom. The molecule has 0 saturated heterocycles. The SMILES string of the molecule is CCOc1cc2c(cc1C(=O)NCC(O)[C@@H]1Cc3ccccc3CN1)CN(Cc1ccc(F)cc1)C2=O. The van der Waals surface area contributed by atoms with Crippen LogP contribution in [0.25, 0.3) is 0 Å². The molecule has 2 atom stereocenters. The van der Waals surface area contributed by atoms with E-state index in [4.69, 9.17) is 4.74 Å². The van der Waals surface area contributed by atoms with E-state index in [1.807, 2.05) is 19.1 Å². The van der Waals surface area contributed by atoms with Crippen molar-refractivity contribution in [1.29, 1.82) is 0 Å². The summed E-state index contributed by atoms with van der Waals surface area (Å²) >= 11 is 0. The highest BCUT2D eigenvalue weighted by atomic mass is 19.1. The van der Waals surface area contributed by atoms with Gasteiger partial charge in [-0.3, -0.25) is 9.59 Å². The number of aliphatic hydroxyl groups excluding tert-OH is 1. The number of carbonyl (C=O) groups is 2. The number of carbonyl (C=O) groups excluding carboxylic acids is 2. The summed E-state index contributed by atoms with van der Waals surface area (Å²) < 4.78 is 19.0. The second kappa shape index (κ2) is 10.7. The number of fused-ring (bicyclic) bond motifs is 2. The Morgan fingerprint density at radius 1 is 1.16 bits per heavy atom. The molecule has 37 heavy (non-hydrogen) atoms. The number of nitrogens with zero attached hydrogens (tertiary/aromatic N) is 1. The standard InChI is InChI=1S/C29H30FN3O4/c1-2-37-27-13-23-21(17-33(29(23)36)16-18-7-9-22(30)10-8-18)11-24(27)28(35)32-15-26(34)25-12-19-5-3-4-6-20(19)14-31-25/h3-11,13,25-26,31,34H,2,12,14-17H2,1H3,(H,32,35)/t25-,26?/m0/s1. The molecule has 3 N–H and O–H groups in total. The Kier molecular flexibility index (Phi) is 7.21. The molecule has 2 amide bonds. The van der Waals surface area contributed by atoms with E-state index < -0.39 is 6.10 Å². The van der Waals surface area contributed by atoms with Crippen LogP contribution in [0.2, 0.25) is 0 Å². The molecule has 0 bridgehead atoms. The van der Waals surface area contributed by atoms with Crippen molar-refractivity contribution >= 4 is 11.8 Å². The monoisotopic (exact) mass is 503 g/mol. The number of amides is 2. The third kappa shape index (κ3) is 5.35. The van der Waals surface area contributed by atoms with Crippen LogP contribution in [0, 0.1) is 5.82 Å². The predicted octanol–water partition coefficient (Wildman–Crippen LogP) is 3.19. The van der Waals surface area contributed by atoms with Gasteiger partial charge in [0.15, 0.2) is 0 Å². The molecule has 2 heterocycles. The van der Waals surface area contributed by atoms with Gasteiger partial charge in [0.2, 0.25) is 0 Å². The smallest absolute Gasteiger partial charge is 0.255 e. The van der Waals surface area contributed by atoms with Crippen LogP contribution in [0.1, 0.15) is 49.9 Å². The minimum Gasteiger partial charge on any atom is -0.493 e. The van der Waals surface area contributed by atoms with E-state index >= 15 is 0 Å². The van der Waals surface area contributed by atoms with Crippen LogP contribution in [0.3, 0.4) is 0 Å². The summed E-state index contributed by atoms with van der Waals surface area (Å²) in [7, 11) is 0. The first-order chi connectivity index (χ1) is 17.9. The molecule has 0 aromatic heterocycles. The van der Waals surface area contributed by atoms with Crippen molar-refractivity contribution in [2.45, 2.75) is 45.1 Å². The summed E-state index contributed by atoms with van der Waals surface area (Å²) in [4.78, 5) is 27.9. The first kappa shape index (κ1) is 24.9. The minimum absolute atomic E-state index is 0.0803. The summed E-state index contributed by atoms with van der Waals surface area (Å²) in [6, 6.07) is 17.3. The van der Waals surface area contributed by atoms with Crippen LogP contribution in [0.5, 0.6) is 5.75 Å². The molecule has 1 unspecified atom stereocenters. The third-order valence-corrected chi connectivity index (χ3v) is 6.96. The molecular weight excluding hydrogens is 473 g/mol. The Balaban J connectivity index is 1.27. The highest BCUT2D eigenvalue weighted by Gasteiger charge is 2.31. The summed E-state index contributed by atoms with van der Waals surface area (Å²) in [6.45, 7) is 3.58. The lowest BCUT2D eigenvalue weighted by Gasteiger charge is -2.30. The van der Waals surface area contributed by atoms with Crippen LogP contribution >= 0.6 is 0 Å². The highest BCUT2D eigenvalue weighted by Crippen LogP contribution is 2.31. The van der Waals surface area contributed by atoms with Gasteiger partial charge in [-0.25, -0.2) is 4.39 Å². The van der Waals surface area contributed by atoms with E-state index in [0.717, 1.165) is 11.1 Å². The van der Waals surface area contributed by atoms with Crippen LogP contribution < -0.4 is 15.4 Å². The number of halogens is 1. The van der Waals surface area contributed by atoms with Crippen molar-refractivity contribution in [3.8, 4) is 5.75 Å². The van der Waals surface area contributed by atoms with Crippen LogP contribution in [-0.2, 0) is 26.1 Å². The van der Waals surface area contributed by atoms with Gasteiger partial charge in [0.1, 0.15) is 11.6 Å². The van der Waals surface area contributed by atoms with Crippen LogP contribution in [0.4, 0.5) is 4.39 Å². The molecule has 0 saturated carbocycles. The number of aliphatic hydroxyl groups is 1. The molecule has 192 valence electrons.